The fourth-order valence-corrected chi connectivity index (χ4v) is 5.69. The number of anilines is 1. The zero-order chi connectivity index (χ0) is 27.9. The van der Waals surface area contributed by atoms with Crippen LogP contribution in [0.5, 0.6) is 0 Å². The van der Waals surface area contributed by atoms with Gasteiger partial charge in [-0.3, -0.25) is 9.59 Å². The van der Waals surface area contributed by atoms with Gasteiger partial charge in [0.2, 0.25) is 5.91 Å². The quantitative estimate of drug-likeness (QED) is 0.173. The Morgan fingerprint density at radius 1 is 0.718 bits per heavy atom. The van der Waals surface area contributed by atoms with Gasteiger partial charge in [0.05, 0.1) is 11.6 Å². The number of esters is 1. The first-order valence-electron chi connectivity index (χ1n) is 13.1. The van der Waals surface area contributed by atoms with Crippen molar-refractivity contribution in [1.82, 2.24) is 0 Å². The summed E-state index contributed by atoms with van der Waals surface area (Å²) < 4.78 is 6.05. The third-order valence-corrected chi connectivity index (χ3v) is 7.61. The second-order valence-electron chi connectivity index (χ2n) is 9.97. The van der Waals surface area contributed by atoms with E-state index < -0.39 is 18.0 Å². The summed E-state index contributed by atoms with van der Waals surface area (Å²) in [6.07, 6.45) is 1.17. The lowest BCUT2D eigenvalue weighted by Crippen LogP contribution is -2.36. The van der Waals surface area contributed by atoms with Crippen molar-refractivity contribution in [2.45, 2.75) is 44.6 Å². The van der Waals surface area contributed by atoms with E-state index >= 15 is 0 Å². The molecule has 0 aliphatic carbocycles. The molecule has 0 spiro atoms. The van der Waals surface area contributed by atoms with E-state index in [1.807, 2.05) is 99.8 Å². The molecule has 0 heterocycles. The molecule has 0 aromatic heterocycles. The molecule has 0 aliphatic rings. The van der Waals surface area contributed by atoms with Crippen molar-refractivity contribution in [3.05, 3.63) is 130 Å². The summed E-state index contributed by atoms with van der Waals surface area (Å²) in [5.74, 6) is -1.78. The molecule has 4 nitrogen and oxygen atoms in total. The summed E-state index contributed by atoms with van der Waals surface area (Å²) >= 11 is 1.57. The molecular weight excluding hydrogens is 502 g/mol. The Bertz CT molecular complexity index is 1420. The van der Waals surface area contributed by atoms with Crippen LogP contribution in [0, 0.1) is 26.7 Å². The lowest BCUT2D eigenvalue weighted by Gasteiger charge is -2.34. The summed E-state index contributed by atoms with van der Waals surface area (Å²) in [6.45, 7) is 7.49. The second kappa shape index (κ2) is 12.8. The minimum Gasteiger partial charge on any atom is -0.457 e. The number of benzene rings is 4. The normalized spacial score (nSPS) is 12.6. The Labute approximate surface area is 235 Å². The smallest absolute Gasteiger partial charge is 0.303 e. The third kappa shape index (κ3) is 6.98. The van der Waals surface area contributed by atoms with Gasteiger partial charge in [-0.1, -0.05) is 102 Å². The fourth-order valence-electron chi connectivity index (χ4n) is 5.14. The minimum atomic E-state index is -0.810. The number of amides is 1. The van der Waals surface area contributed by atoms with Crippen LogP contribution in [0.15, 0.2) is 102 Å². The standard InChI is InChI=1S/C34H35NO3S/c1-22-11-8-14-26(19-22)31(27-15-9-12-23(2)20-27)32(34(37)35-29-17-6-7-18-30(29)39-5)33(38-25(4)36)28-16-10-13-24(3)21-28/h6-21,31-33H,1-5H3,(H,35,37). The van der Waals surface area contributed by atoms with Crippen LogP contribution in [0.3, 0.4) is 0 Å². The van der Waals surface area contributed by atoms with Crippen molar-refractivity contribution < 1.29 is 14.3 Å². The number of thioether (sulfide) groups is 1. The van der Waals surface area contributed by atoms with E-state index in [0.29, 0.717) is 0 Å². The molecule has 200 valence electrons. The maximum Gasteiger partial charge on any atom is 0.303 e. The fraction of sp³-hybridized carbons (Fsp3) is 0.235. The van der Waals surface area contributed by atoms with Crippen LogP contribution in [0.25, 0.3) is 0 Å². The van der Waals surface area contributed by atoms with E-state index in [1.54, 1.807) is 11.8 Å². The van der Waals surface area contributed by atoms with E-state index in [2.05, 4.69) is 29.6 Å². The average molecular weight is 538 g/mol. The zero-order valence-electron chi connectivity index (χ0n) is 23.1. The Morgan fingerprint density at radius 2 is 1.23 bits per heavy atom. The molecule has 0 bridgehead atoms. The highest BCUT2D eigenvalue weighted by Crippen LogP contribution is 2.43. The summed E-state index contributed by atoms with van der Waals surface area (Å²) in [5, 5.41) is 3.20. The van der Waals surface area contributed by atoms with Gasteiger partial charge in [0.1, 0.15) is 6.10 Å². The molecule has 2 unspecified atom stereocenters. The van der Waals surface area contributed by atoms with Gasteiger partial charge in [0, 0.05) is 17.7 Å². The average Bonchev–Trinajstić information content (AvgIpc) is 2.90. The Morgan fingerprint density at radius 3 is 1.74 bits per heavy atom. The molecule has 0 aliphatic heterocycles. The van der Waals surface area contributed by atoms with Gasteiger partial charge in [-0.25, -0.2) is 0 Å². The molecule has 0 saturated heterocycles. The van der Waals surface area contributed by atoms with Crippen LogP contribution in [0.4, 0.5) is 5.69 Å². The summed E-state index contributed by atoms with van der Waals surface area (Å²) in [7, 11) is 0. The van der Waals surface area contributed by atoms with Crippen LogP contribution in [0.1, 0.15) is 52.3 Å². The number of rotatable bonds is 9. The topological polar surface area (TPSA) is 55.4 Å². The summed E-state index contributed by atoms with van der Waals surface area (Å²) in [5.41, 5.74) is 6.71. The highest BCUT2D eigenvalue weighted by molar-refractivity contribution is 7.98. The highest BCUT2D eigenvalue weighted by Gasteiger charge is 2.40. The first-order valence-corrected chi connectivity index (χ1v) is 14.3. The number of para-hydroxylation sites is 1. The molecule has 0 fully saturated rings. The molecule has 5 heteroatoms. The molecule has 2 atom stereocenters. The van der Waals surface area contributed by atoms with Gasteiger partial charge in [-0.05, 0) is 55.9 Å². The first kappa shape index (κ1) is 28.2. The largest absolute Gasteiger partial charge is 0.457 e. The Balaban J connectivity index is 1.96. The molecule has 1 amide bonds. The predicted molar refractivity (Wildman–Crippen MR) is 160 cm³/mol. The van der Waals surface area contributed by atoms with Gasteiger partial charge in [0.15, 0.2) is 0 Å². The molecular formula is C34H35NO3S. The second-order valence-corrected chi connectivity index (χ2v) is 10.8. The number of hydrogen-bond donors (Lipinski definition) is 1. The number of hydrogen-bond acceptors (Lipinski definition) is 4. The van der Waals surface area contributed by atoms with E-state index in [9.17, 15) is 9.59 Å². The van der Waals surface area contributed by atoms with Gasteiger partial charge >= 0.3 is 5.97 Å². The van der Waals surface area contributed by atoms with E-state index in [-0.39, 0.29) is 11.8 Å². The van der Waals surface area contributed by atoms with Gasteiger partial charge in [-0.15, -0.1) is 11.8 Å². The van der Waals surface area contributed by atoms with Crippen molar-refractivity contribution in [3.8, 4) is 0 Å². The van der Waals surface area contributed by atoms with Crippen molar-refractivity contribution in [2.75, 3.05) is 11.6 Å². The van der Waals surface area contributed by atoms with Crippen LogP contribution in [0.2, 0.25) is 0 Å². The van der Waals surface area contributed by atoms with Crippen LogP contribution in [-0.2, 0) is 14.3 Å². The van der Waals surface area contributed by atoms with Crippen molar-refractivity contribution >= 4 is 29.3 Å². The number of carbonyl (C=O) groups excluding carboxylic acids is 2. The molecule has 39 heavy (non-hydrogen) atoms. The van der Waals surface area contributed by atoms with Gasteiger partial charge in [-0.2, -0.15) is 0 Å². The lowest BCUT2D eigenvalue weighted by atomic mass is 9.75. The molecule has 4 rings (SSSR count). The lowest BCUT2D eigenvalue weighted by molar-refractivity contribution is -0.151. The maximum atomic E-state index is 14.5. The number of ether oxygens (including phenoxy) is 1. The SMILES string of the molecule is CSc1ccccc1NC(=O)C(C(OC(C)=O)c1cccc(C)c1)C(c1cccc(C)c1)c1cccc(C)c1. The highest BCUT2D eigenvalue weighted by atomic mass is 32.2. The van der Waals surface area contributed by atoms with Crippen LogP contribution < -0.4 is 5.32 Å². The van der Waals surface area contributed by atoms with Gasteiger partial charge in [0.25, 0.3) is 0 Å². The number of aryl methyl sites for hydroxylation is 3. The van der Waals surface area contributed by atoms with E-state index in [0.717, 1.165) is 44.0 Å². The van der Waals surface area contributed by atoms with Crippen LogP contribution >= 0.6 is 11.8 Å². The maximum absolute atomic E-state index is 14.5. The van der Waals surface area contributed by atoms with Crippen molar-refractivity contribution in [1.29, 1.82) is 0 Å². The first-order chi connectivity index (χ1) is 18.8. The van der Waals surface area contributed by atoms with Crippen molar-refractivity contribution in [2.24, 2.45) is 5.92 Å². The molecule has 1 N–H and O–H groups in total. The number of nitrogens with one attached hydrogen (secondary N) is 1. The zero-order valence-corrected chi connectivity index (χ0v) is 23.9. The minimum absolute atomic E-state index is 0.211. The Hall–Kier alpha value is -3.83. The van der Waals surface area contributed by atoms with Gasteiger partial charge < -0.3 is 10.1 Å². The molecule has 4 aromatic carbocycles. The monoisotopic (exact) mass is 537 g/mol. The van der Waals surface area contributed by atoms with E-state index in [4.69, 9.17) is 4.74 Å². The molecule has 0 radical (unpaired) electrons. The summed E-state index contributed by atoms with van der Waals surface area (Å²) in [4.78, 5) is 28.0. The van der Waals surface area contributed by atoms with Crippen LogP contribution in [-0.4, -0.2) is 18.1 Å². The summed E-state index contributed by atoms with van der Waals surface area (Å²) in [6, 6.07) is 32.1. The third-order valence-electron chi connectivity index (χ3n) is 6.82. The predicted octanol–water partition coefficient (Wildman–Crippen LogP) is 8.02. The van der Waals surface area contributed by atoms with Crippen molar-refractivity contribution in [3.63, 3.8) is 0 Å². The van der Waals surface area contributed by atoms with E-state index in [1.165, 1.54) is 6.92 Å². The Kier molecular flexibility index (Phi) is 9.26. The number of carbonyl (C=O) groups is 2. The molecule has 4 aromatic rings. The molecule has 0 saturated carbocycles.